The number of aryl methyl sites for hydroxylation is 1. The second-order valence-electron chi connectivity index (χ2n) is 4.14. The van der Waals surface area contributed by atoms with Crippen LogP contribution in [0.25, 0.3) is 0 Å². The molecule has 1 N–H and O–H groups in total. The molecule has 0 aliphatic rings. The minimum atomic E-state index is -0.971. The molecular weight excluding hydrogens is 301 g/mol. The average Bonchev–Trinajstić information content (AvgIpc) is 2.41. The highest BCUT2D eigenvalue weighted by molar-refractivity contribution is 6.29. The Balaban J connectivity index is 2.26. The first-order chi connectivity index (χ1) is 9.88. The van der Waals surface area contributed by atoms with E-state index in [1.54, 1.807) is 6.92 Å². The molecular formula is C13H9ClFN3O3. The second kappa shape index (κ2) is 5.84. The summed E-state index contributed by atoms with van der Waals surface area (Å²) in [6.45, 7) is 1.63. The van der Waals surface area contributed by atoms with Gasteiger partial charge in [-0.05, 0) is 25.1 Å². The zero-order chi connectivity index (χ0) is 15.6. The van der Waals surface area contributed by atoms with Gasteiger partial charge >= 0.3 is 0 Å². The smallest absolute Gasteiger partial charge is 0.272 e. The van der Waals surface area contributed by atoms with Gasteiger partial charge in [-0.2, -0.15) is 0 Å². The molecule has 1 heterocycles. The number of non-ortho nitro benzene ring substituents is 1. The fourth-order valence-corrected chi connectivity index (χ4v) is 1.84. The van der Waals surface area contributed by atoms with Crippen molar-refractivity contribution in [2.45, 2.75) is 6.92 Å². The van der Waals surface area contributed by atoms with Gasteiger partial charge in [0.25, 0.3) is 11.6 Å². The SMILES string of the molecule is Cc1nc(Cl)ccc1NC(=O)c1ccc([N+](=O)[O-])cc1F. The lowest BCUT2D eigenvalue weighted by Gasteiger charge is -2.08. The van der Waals surface area contributed by atoms with E-state index >= 15 is 0 Å². The number of nitro groups is 1. The number of hydrogen-bond donors (Lipinski definition) is 1. The molecule has 0 atom stereocenters. The van der Waals surface area contributed by atoms with Crippen molar-refractivity contribution in [3.63, 3.8) is 0 Å². The van der Waals surface area contributed by atoms with Crippen molar-refractivity contribution in [1.82, 2.24) is 4.98 Å². The van der Waals surface area contributed by atoms with E-state index in [2.05, 4.69) is 10.3 Å². The largest absolute Gasteiger partial charge is 0.320 e. The first-order valence-electron chi connectivity index (χ1n) is 5.77. The maximum atomic E-state index is 13.7. The molecule has 0 radical (unpaired) electrons. The average molecular weight is 310 g/mol. The van der Waals surface area contributed by atoms with Gasteiger partial charge in [-0.1, -0.05) is 11.6 Å². The molecule has 0 saturated heterocycles. The molecule has 8 heteroatoms. The summed E-state index contributed by atoms with van der Waals surface area (Å²) >= 11 is 5.70. The third-order valence-electron chi connectivity index (χ3n) is 2.71. The van der Waals surface area contributed by atoms with Crippen LogP contribution in [0.4, 0.5) is 15.8 Å². The van der Waals surface area contributed by atoms with E-state index in [4.69, 9.17) is 11.6 Å². The number of amides is 1. The van der Waals surface area contributed by atoms with Gasteiger partial charge in [0.15, 0.2) is 0 Å². The number of nitrogens with zero attached hydrogens (tertiary/aromatic N) is 2. The summed E-state index contributed by atoms with van der Waals surface area (Å²) in [5.74, 6) is -1.70. The van der Waals surface area contributed by atoms with Crippen LogP contribution in [0.2, 0.25) is 5.15 Å². The summed E-state index contributed by atoms with van der Waals surface area (Å²) in [5.41, 5.74) is 0.128. The van der Waals surface area contributed by atoms with Crippen LogP contribution in [-0.2, 0) is 0 Å². The number of aromatic nitrogens is 1. The van der Waals surface area contributed by atoms with Crippen molar-refractivity contribution in [3.8, 4) is 0 Å². The van der Waals surface area contributed by atoms with Crippen LogP contribution in [0, 0.1) is 22.9 Å². The third-order valence-corrected chi connectivity index (χ3v) is 2.92. The lowest BCUT2D eigenvalue weighted by molar-refractivity contribution is -0.385. The zero-order valence-electron chi connectivity index (χ0n) is 10.8. The highest BCUT2D eigenvalue weighted by Gasteiger charge is 2.17. The van der Waals surface area contributed by atoms with Gasteiger partial charge in [0, 0.05) is 6.07 Å². The Morgan fingerprint density at radius 2 is 2.10 bits per heavy atom. The molecule has 0 aliphatic carbocycles. The second-order valence-corrected chi connectivity index (χ2v) is 4.53. The van der Waals surface area contributed by atoms with E-state index < -0.39 is 22.3 Å². The lowest BCUT2D eigenvalue weighted by Crippen LogP contribution is -2.15. The van der Waals surface area contributed by atoms with Gasteiger partial charge in [0.2, 0.25) is 0 Å². The molecule has 1 amide bonds. The highest BCUT2D eigenvalue weighted by atomic mass is 35.5. The van der Waals surface area contributed by atoms with Crippen molar-refractivity contribution in [2.75, 3.05) is 5.32 Å². The molecule has 2 rings (SSSR count). The van der Waals surface area contributed by atoms with Gasteiger partial charge in [-0.25, -0.2) is 9.37 Å². The number of benzene rings is 1. The van der Waals surface area contributed by atoms with Crippen molar-refractivity contribution in [1.29, 1.82) is 0 Å². The molecule has 0 bridgehead atoms. The Morgan fingerprint density at radius 3 is 2.67 bits per heavy atom. The fraction of sp³-hybridized carbons (Fsp3) is 0.0769. The minimum absolute atomic E-state index is 0.270. The number of carbonyl (C=O) groups is 1. The lowest BCUT2D eigenvalue weighted by atomic mass is 10.1. The normalized spacial score (nSPS) is 10.2. The minimum Gasteiger partial charge on any atom is -0.320 e. The molecule has 0 fully saturated rings. The number of nitro benzene ring substituents is 1. The Labute approximate surface area is 123 Å². The van der Waals surface area contributed by atoms with Gasteiger partial charge in [-0.3, -0.25) is 14.9 Å². The van der Waals surface area contributed by atoms with Gasteiger partial charge < -0.3 is 5.32 Å². The standard InChI is InChI=1S/C13H9ClFN3O3/c1-7-11(4-5-12(14)16-7)17-13(19)9-3-2-8(18(20)21)6-10(9)15/h2-6H,1H3,(H,17,19). The Bertz CT molecular complexity index is 737. The van der Waals surface area contributed by atoms with Crippen molar-refractivity contribution >= 4 is 28.9 Å². The molecule has 0 spiro atoms. The number of rotatable bonds is 3. The molecule has 0 unspecified atom stereocenters. The molecule has 0 aliphatic heterocycles. The van der Waals surface area contributed by atoms with Gasteiger partial charge in [0.1, 0.15) is 11.0 Å². The van der Waals surface area contributed by atoms with E-state index in [0.29, 0.717) is 17.4 Å². The Kier molecular flexibility index (Phi) is 4.13. The number of halogens is 2. The summed E-state index contributed by atoms with van der Waals surface area (Å²) in [6, 6.07) is 5.83. The molecule has 21 heavy (non-hydrogen) atoms. The van der Waals surface area contributed by atoms with Crippen LogP contribution in [0.5, 0.6) is 0 Å². The van der Waals surface area contributed by atoms with Crippen molar-refractivity contribution < 1.29 is 14.1 Å². The van der Waals surface area contributed by atoms with Gasteiger partial charge in [0.05, 0.1) is 27.9 Å². The molecule has 108 valence electrons. The number of nitrogens with one attached hydrogen (secondary N) is 1. The summed E-state index contributed by atoms with van der Waals surface area (Å²) in [6.07, 6.45) is 0. The number of anilines is 1. The fourth-order valence-electron chi connectivity index (χ4n) is 1.65. The maximum absolute atomic E-state index is 13.7. The van der Waals surface area contributed by atoms with Crippen molar-refractivity contribution in [3.05, 3.63) is 62.7 Å². The van der Waals surface area contributed by atoms with Gasteiger partial charge in [-0.15, -0.1) is 0 Å². The number of hydrogen-bond acceptors (Lipinski definition) is 4. The third kappa shape index (κ3) is 3.32. The zero-order valence-corrected chi connectivity index (χ0v) is 11.5. The van der Waals surface area contributed by atoms with Crippen LogP contribution >= 0.6 is 11.6 Å². The Hall–Kier alpha value is -2.54. The highest BCUT2D eigenvalue weighted by Crippen LogP contribution is 2.20. The monoisotopic (exact) mass is 309 g/mol. The first kappa shape index (κ1) is 14.9. The van der Waals surface area contributed by atoms with Crippen LogP contribution < -0.4 is 5.32 Å². The predicted octanol–water partition coefficient (Wildman–Crippen LogP) is 3.34. The summed E-state index contributed by atoms with van der Waals surface area (Å²) in [4.78, 5) is 25.7. The predicted molar refractivity (Wildman–Crippen MR) is 75.0 cm³/mol. The van der Waals surface area contributed by atoms with E-state index in [-0.39, 0.29) is 10.7 Å². The quantitative estimate of drug-likeness (QED) is 0.535. The van der Waals surface area contributed by atoms with Crippen LogP contribution in [-0.4, -0.2) is 15.8 Å². The topological polar surface area (TPSA) is 85.1 Å². The number of carbonyl (C=O) groups excluding carboxylic acids is 1. The molecule has 1 aromatic carbocycles. The molecule has 2 aromatic rings. The Morgan fingerprint density at radius 1 is 1.38 bits per heavy atom. The van der Waals surface area contributed by atoms with E-state index in [0.717, 1.165) is 12.1 Å². The van der Waals surface area contributed by atoms with Crippen LogP contribution in [0.1, 0.15) is 16.1 Å². The van der Waals surface area contributed by atoms with E-state index in [1.165, 1.54) is 12.1 Å². The summed E-state index contributed by atoms with van der Waals surface area (Å²) in [7, 11) is 0. The van der Waals surface area contributed by atoms with Crippen LogP contribution in [0.15, 0.2) is 30.3 Å². The molecule has 6 nitrogen and oxygen atoms in total. The van der Waals surface area contributed by atoms with E-state index in [9.17, 15) is 19.3 Å². The molecule has 1 aromatic heterocycles. The first-order valence-corrected chi connectivity index (χ1v) is 6.14. The summed E-state index contributed by atoms with van der Waals surface area (Å²) < 4.78 is 13.7. The van der Waals surface area contributed by atoms with E-state index in [1.807, 2.05) is 0 Å². The maximum Gasteiger partial charge on any atom is 0.272 e. The van der Waals surface area contributed by atoms with Crippen molar-refractivity contribution in [2.24, 2.45) is 0 Å². The molecule has 0 saturated carbocycles. The number of pyridine rings is 1. The van der Waals surface area contributed by atoms with Crippen LogP contribution in [0.3, 0.4) is 0 Å². The summed E-state index contributed by atoms with van der Waals surface area (Å²) in [5, 5.41) is 13.3.